The lowest BCUT2D eigenvalue weighted by Gasteiger charge is -2.38. The van der Waals surface area contributed by atoms with Gasteiger partial charge in [0.25, 0.3) is 0 Å². The predicted octanol–water partition coefficient (Wildman–Crippen LogP) is 3.36. The fourth-order valence-electron chi connectivity index (χ4n) is 3.53. The lowest BCUT2D eigenvalue weighted by Crippen LogP contribution is -2.48. The highest BCUT2D eigenvalue weighted by molar-refractivity contribution is 4.86. The minimum absolute atomic E-state index is 0.499. The van der Waals surface area contributed by atoms with E-state index in [9.17, 15) is 0 Å². The van der Waals surface area contributed by atoms with Crippen molar-refractivity contribution in [2.45, 2.75) is 77.5 Å². The molecular formula is C15H29NO. The van der Waals surface area contributed by atoms with Crippen LogP contribution in [0, 0.1) is 11.8 Å². The molecule has 0 radical (unpaired) electrons. The van der Waals surface area contributed by atoms with E-state index in [0.717, 1.165) is 30.9 Å². The Morgan fingerprint density at radius 3 is 2.65 bits per heavy atom. The van der Waals surface area contributed by atoms with Crippen molar-refractivity contribution in [1.29, 1.82) is 0 Å². The van der Waals surface area contributed by atoms with Crippen molar-refractivity contribution < 1.29 is 4.74 Å². The molecule has 1 heterocycles. The maximum atomic E-state index is 5.75. The molecule has 100 valence electrons. The maximum Gasteiger partial charge on any atom is 0.0587 e. The van der Waals surface area contributed by atoms with Gasteiger partial charge in [-0.25, -0.2) is 0 Å². The molecule has 1 aliphatic heterocycles. The SMILES string of the molecule is CCC1CC(NC2CCC(C)CC2C)CCO1. The number of rotatable bonds is 3. The summed E-state index contributed by atoms with van der Waals surface area (Å²) in [5.74, 6) is 1.78. The van der Waals surface area contributed by atoms with Crippen molar-refractivity contribution in [3.8, 4) is 0 Å². The third-order valence-electron chi connectivity index (χ3n) is 4.70. The second-order valence-electron chi connectivity index (χ2n) is 6.29. The lowest BCUT2D eigenvalue weighted by molar-refractivity contribution is -0.00464. The number of ether oxygens (including phenoxy) is 1. The molecule has 2 rings (SSSR count). The van der Waals surface area contributed by atoms with Crippen molar-refractivity contribution in [3.63, 3.8) is 0 Å². The van der Waals surface area contributed by atoms with Crippen LogP contribution in [0.5, 0.6) is 0 Å². The van der Waals surface area contributed by atoms with Crippen LogP contribution in [0.3, 0.4) is 0 Å². The molecule has 2 nitrogen and oxygen atoms in total. The van der Waals surface area contributed by atoms with Gasteiger partial charge in [0.1, 0.15) is 0 Å². The van der Waals surface area contributed by atoms with Crippen molar-refractivity contribution in [3.05, 3.63) is 0 Å². The molecule has 0 aromatic carbocycles. The van der Waals surface area contributed by atoms with Gasteiger partial charge in [0, 0.05) is 18.7 Å². The van der Waals surface area contributed by atoms with Crippen LogP contribution in [0.25, 0.3) is 0 Å². The van der Waals surface area contributed by atoms with Crippen LogP contribution in [0.2, 0.25) is 0 Å². The Labute approximate surface area is 107 Å². The highest BCUT2D eigenvalue weighted by Gasteiger charge is 2.29. The molecule has 1 N–H and O–H groups in total. The Hall–Kier alpha value is -0.0800. The smallest absolute Gasteiger partial charge is 0.0587 e. The molecule has 0 bridgehead atoms. The van der Waals surface area contributed by atoms with Crippen LogP contribution < -0.4 is 5.32 Å². The first-order chi connectivity index (χ1) is 8.19. The summed E-state index contributed by atoms with van der Waals surface area (Å²) in [5.41, 5.74) is 0. The van der Waals surface area contributed by atoms with Gasteiger partial charge >= 0.3 is 0 Å². The van der Waals surface area contributed by atoms with Gasteiger partial charge in [0.2, 0.25) is 0 Å². The zero-order valence-electron chi connectivity index (χ0n) is 11.7. The van der Waals surface area contributed by atoms with Gasteiger partial charge in [-0.3, -0.25) is 0 Å². The Morgan fingerprint density at radius 2 is 1.94 bits per heavy atom. The van der Waals surface area contributed by atoms with E-state index < -0.39 is 0 Å². The summed E-state index contributed by atoms with van der Waals surface area (Å²) in [4.78, 5) is 0. The molecular weight excluding hydrogens is 210 g/mol. The normalized spacial score (nSPS) is 43.6. The molecule has 1 saturated heterocycles. The Bertz CT molecular complexity index is 231. The first kappa shape index (κ1) is 13.4. The van der Waals surface area contributed by atoms with Crippen LogP contribution in [0.1, 0.15) is 59.3 Å². The molecule has 0 aromatic rings. The van der Waals surface area contributed by atoms with Gasteiger partial charge in [-0.1, -0.05) is 20.8 Å². The monoisotopic (exact) mass is 239 g/mol. The van der Waals surface area contributed by atoms with Crippen LogP contribution in [0.4, 0.5) is 0 Å². The summed E-state index contributed by atoms with van der Waals surface area (Å²) in [6.45, 7) is 8.00. The maximum absolute atomic E-state index is 5.75. The van der Waals surface area contributed by atoms with Crippen molar-refractivity contribution >= 4 is 0 Å². The molecule has 2 heteroatoms. The van der Waals surface area contributed by atoms with Crippen molar-refractivity contribution in [1.82, 2.24) is 5.32 Å². The highest BCUT2D eigenvalue weighted by Crippen LogP contribution is 2.29. The van der Waals surface area contributed by atoms with E-state index in [-0.39, 0.29) is 0 Å². The standard InChI is InChI=1S/C15H29NO/c1-4-14-10-13(7-8-17-14)16-15-6-5-11(2)9-12(15)3/h11-16H,4-10H2,1-3H3. The van der Waals surface area contributed by atoms with E-state index in [1.807, 2.05) is 0 Å². The highest BCUT2D eigenvalue weighted by atomic mass is 16.5. The third-order valence-corrected chi connectivity index (χ3v) is 4.70. The van der Waals surface area contributed by atoms with Gasteiger partial charge in [-0.2, -0.15) is 0 Å². The van der Waals surface area contributed by atoms with Gasteiger partial charge < -0.3 is 10.1 Å². The van der Waals surface area contributed by atoms with E-state index in [2.05, 4.69) is 26.1 Å². The average Bonchev–Trinajstić information content (AvgIpc) is 2.33. The third kappa shape index (κ3) is 3.69. The van der Waals surface area contributed by atoms with Crippen LogP contribution in [-0.2, 0) is 4.74 Å². The lowest BCUT2D eigenvalue weighted by atomic mass is 9.79. The van der Waals surface area contributed by atoms with Gasteiger partial charge in [0.05, 0.1) is 6.10 Å². The number of hydrogen-bond acceptors (Lipinski definition) is 2. The second-order valence-corrected chi connectivity index (χ2v) is 6.29. The Morgan fingerprint density at radius 1 is 1.12 bits per heavy atom. The van der Waals surface area contributed by atoms with Gasteiger partial charge in [-0.15, -0.1) is 0 Å². The first-order valence-corrected chi connectivity index (χ1v) is 7.56. The summed E-state index contributed by atoms with van der Waals surface area (Å²) in [6.07, 6.45) is 8.26. The second kappa shape index (κ2) is 6.19. The van der Waals surface area contributed by atoms with Gasteiger partial charge in [-0.05, 0) is 50.4 Å². The zero-order chi connectivity index (χ0) is 12.3. The molecule has 0 amide bonds. The minimum Gasteiger partial charge on any atom is -0.378 e. The summed E-state index contributed by atoms with van der Waals surface area (Å²) in [7, 11) is 0. The summed E-state index contributed by atoms with van der Waals surface area (Å²) >= 11 is 0. The van der Waals surface area contributed by atoms with E-state index in [1.54, 1.807) is 0 Å². The van der Waals surface area contributed by atoms with E-state index in [4.69, 9.17) is 4.74 Å². The zero-order valence-corrected chi connectivity index (χ0v) is 11.7. The molecule has 17 heavy (non-hydrogen) atoms. The fraction of sp³-hybridized carbons (Fsp3) is 1.00. The van der Waals surface area contributed by atoms with E-state index in [0.29, 0.717) is 12.1 Å². The van der Waals surface area contributed by atoms with Crippen LogP contribution in [0.15, 0.2) is 0 Å². The number of hydrogen-bond donors (Lipinski definition) is 1. The molecule has 5 atom stereocenters. The summed E-state index contributed by atoms with van der Waals surface area (Å²) < 4.78 is 5.75. The van der Waals surface area contributed by atoms with Crippen LogP contribution in [-0.4, -0.2) is 24.8 Å². The van der Waals surface area contributed by atoms with Crippen molar-refractivity contribution in [2.75, 3.05) is 6.61 Å². The molecule has 0 spiro atoms. The quantitative estimate of drug-likeness (QED) is 0.815. The van der Waals surface area contributed by atoms with Crippen molar-refractivity contribution in [2.24, 2.45) is 11.8 Å². The van der Waals surface area contributed by atoms with Crippen LogP contribution >= 0.6 is 0 Å². The molecule has 1 aliphatic carbocycles. The Balaban J connectivity index is 1.79. The molecule has 5 unspecified atom stereocenters. The average molecular weight is 239 g/mol. The van der Waals surface area contributed by atoms with E-state index >= 15 is 0 Å². The number of nitrogens with one attached hydrogen (secondary N) is 1. The van der Waals surface area contributed by atoms with E-state index in [1.165, 1.54) is 32.1 Å². The van der Waals surface area contributed by atoms with Gasteiger partial charge in [0.15, 0.2) is 0 Å². The summed E-state index contributed by atoms with van der Waals surface area (Å²) in [5, 5.41) is 3.91. The molecule has 2 fully saturated rings. The summed E-state index contributed by atoms with van der Waals surface area (Å²) in [6, 6.07) is 1.46. The Kier molecular flexibility index (Phi) is 4.87. The first-order valence-electron chi connectivity index (χ1n) is 7.56. The molecule has 1 saturated carbocycles. The predicted molar refractivity (Wildman–Crippen MR) is 72.2 cm³/mol. The largest absolute Gasteiger partial charge is 0.378 e. The molecule has 0 aromatic heterocycles. The molecule has 2 aliphatic rings. The fourth-order valence-corrected chi connectivity index (χ4v) is 3.53. The minimum atomic E-state index is 0.499. The topological polar surface area (TPSA) is 21.3 Å².